The van der Waals surface area contributed by atoms with Crippen molar-refractivity contribution in [3.8, 4) is 16.9 Å². The summed E-state index contributed by atoms with van der Waals surface area (Å²) >= 11 is 0. The van der Waals surface area contributed by atoms with Gasteiger partial charge in [-0.3, -0.25) is 9.36 Å². The third kappa shape index (κ3) is 5.51. The SMILES string of the molecule is O=C1[C@H](CC[C@H](O)c2ccccc2)[C@@H](c2ccc(-c3cccc(P(=O)(O)O)c3)cc2O)N1c1cccc(F)c1. The molecule has 9 heteroatoms. The maximum atomic E-state index is 14.0. The number of anilines is 1. The molecule has 0 aliphatic carbocycles. The van der Waals surface area contributed by atoms with Crippen LogP contribution >= 0.6 is 7.60 Å². The molecule has 4 aromatic rings. The van der Waals surface area contributed by atoms with Crippen LogP contribution in [0, 0.1) is 11.7 Å². The molecule has 1 aliphatic heterocycles. The Morgan fingerprint density at radius 2 is 1.59 bits per heavy atom. The van der Waals surface area contributed by atoms with Crippen LogP contribution < -0.4 is 10.2 Å². The molecule has 1 heterocycles. The number of phenolic OH excluding ortho intramolecular Hbond substituents is 1. The summed E-state index contributed by atoms with van der Waals surface area (Å²) in [5, 5.41) is 21.6. The molecule has 0 unspecified atom stereocenters. The average Bonchev–Trinajstić information content (AvgIpc) is 2.92. The van der Waals surface area contributed by atoms with Gasteiger partial charge in [0.15, 0.2) is 0 Å². The van der Waals surface area contributed by atoms with E-state index in [0.29, 0.717) is 35.2 Å². The molecule has 0 radical (unpaired) electrons. The first kappa shape index (κ1) is 26.8. The lowest BCUT2D eigenvalue weighted by Crippen LogP contribution is -2.55. The van der Waals surface area contributed by atoms with Crippen LogP contribution in [0.15, 0.2) is 97.1 Å². The molecule has 0 spiro atoms. The maximum Gasteiger partial charge on any atom is 0.356 e. The fourth-order valence-electron chi connectivity index (χ4n) is 5.12. The van der Waals surface area contributed by atoms with Gasteiger partial charge in [0, 0.05) is 11.3 Å². The van der Waals surface area contributed by atoms with Gasteiger partial charge in [-0.15, -0.1) is 0 Å². The fourth-order valence-corrected chi connectivity index (χ4v) is 5.71. The van der Waals surface area contributed by atoms with Gasteiger partial charge < -0.3 is 24.9 Å². The van der Waals surface area contributed by atoms with Crippen molar-refractivity contribution < 1.29 is 33.7 Å². The van der Waals surface area contributed by atoms with Crippen molar-refractivity contribution in [1.29, 1.82) is 0 Å². The lowest BCUT2D eigenvalue weighted by Gasteiger charge is -2.48. The van der Waals surface area contributed by atoms with Crippen molar-refractivity contribution in [3.05, 3.63) is 114 Å². The molecule has 0 aromatic heterocycles. The van der Waals surface area contributed by atoms with E-state index in [4.69, 9.17) is 0 Å². The summed E-state index contributed by atoms with van der Waals surface area (Å²) in [6, 6.07) is 25.0. The molecule has 200 valence electrons. The van der Waals surface area contributed by atoms with Crippen molar-refractivity contribution in [2.24, 2.45) is 5.92 Å². The molecule has 4 aromatic carbocycles. The molecule has 5 rings (SSSR count). The maximum absolute atomic E-state index is 14.0. The number of rotatable bonds is 8. The molecule has 1 saturated heterocycles. The number of carbonyl (C=O) groups is 1. The molecule has 3 atom stereocenters. The number of nitrogens with zero attached hydrogens (tertiary/aromatic N) is 1. The predicted molar refractivity (Wildman–Crippen MR) is 146 cm³/mol. The smallest absolute Gasteiger partial charge is 0.356 e. The summed E-state index contributed by atoms with van der Waals surface area (Å²) in [5.41, 5.74) is 2.60. The lowest BCUT2D eigenvalue weighted by atomic mass is 9.77. The monoisotopic (exact) mass is 547 g/mol. The average molecular weight is 548 g/mol. The highest BCUT2D eigenvalue weighted by molar-refractivity contribution is 7.60. The van der Waals surface area contributed by atoms with E-state index < -0.39 is 31.5 Å². The van der Waals surface area contributed by atoms with E-state index in [2.05, 4.69) is 0 Å². The van der Waals surface area contributed by atoms with Crippen molar-refractivity contribution in [2.45, 2.75) is 25.0 Å². The largest absolute Gasteiger partial charge is 0.508 e. The predicted octanol–water partition coefficient (Wildman–Crippen LogP) is 5.22. The first-order chi connectivity index (χ1) is 18.6. The van der Waals surface area contributed by atoms with Crippen molar-refractivity contribution in [2.75, 3.05) is 4.90 Å². The van der Waals surface area contributed by atoms with E-state index in [1.54, 1.807) is 24.3 Å². The van der Waals surface area contributed by atoms with Gasteiger partial charge in [-0.2, -0.15) is 0 Å². The van der Waals surface area contributed by atoms with E-state index in [9.17, 15) is 33.7 Å². The highest BCUT2D eigenvalue weighted by atomic mass is 31.2. The van der Waals surface area contributed by atoms with E-state index in [-0.39, 0.29) is 17.0 Å². The molecule has 7 nitrogen and oxygen atoms in total. The van der Waals surface area contributed by atoms with Crippen LogP contribution in [0.3, 0.4) is 0 Å². The number of aliphatic hydroxyl groups excluding tert-OH is 1. The first-order valence-corrected chi connectivity index (χ1v) is 14.1. The van der Waals surface area contributed by atoms with Gasteiger partial charge in [0.05, 0.1) is 23.4 Å². The lowest BCUT2D eigenvalue weighted by molar-refractivity contribution is -0.131. The Kier molecular flexibility index (Phi) is 7.38. The molecule has 1 amide bonds. The summed E-state index contributed by atoms with van der Waals surface area (Å²) in [4.78, 5) is 33.8. The minimum absolute atomic E-state index is 0.110. The molecular weight excluding hydrogens is 520 g/mol. The normalized spacial score (nSPS) is 18.1. The molecule has 4 N–H and O–H groups in total. The second-order valence-corrected chi connectivity index (χ2v) is 11.2. The van der Waals surface area contributed by atoms with Crippen molar-refractivity contribution in [1.82, 2.24) is 0 Å². The standard InChI is InChI=1S/C30H27FNO6P/c31-22-9-5-10-23(18-22)32-29(26(30(32)35)14-15-27(33)19-6-2-1-3-7-19)25-13-12-21(17-28(25)34)20-8-4-11-24(16-20)39(36,37)38/h1-13,16-18,26-27,29,33-34H,14-15H2,(H2,36,37,38)/t26-,27+,29-/m1/s1. The highest BCUT2D eigenvalue weighted by Gasteiger charge is 2.49. The second-order valence-electron chi connectivity index (χ2n) is 9.61. The van der Waals surface area contributed by atoms with E-state index in [1.165, 1.54) is 47.4 Å². The van der Waals surface area contributed by atoms with Crippen LogP contribution in [-0.2, 0) is 9.36 Å². The number of carbonyl (C=O) groups excluding carboxylic acids is 1. The number of β-lactam (4-membered cyclic amide) rings is 1. The van der Waals surface area contributed by atoms with Gasteiger partial charge in [0.2, 0.25) is 5.91 Å². The molecular formula is C30H27FNO6P. The Morgan fingerprint density at radius 1 is 0.872 bits per heavy atom. The number of aromatic hydroxyl groups is 1. The van der Waals surface area contributed by atoms with Crippen LogP contribution in [0.1, 0.15) is 36.1 Å². The first-order valence-electron chi connectivity index (χ1n) is 12.4. The third-order valence-corrected chi connectivity index (χ3v) is 8.05. The summed E-state index contributed by atoms with van der Waals surface area (Å²) in [6.07, 6.45) is -0.0983. The summed E-state index contributed by atoms with van der Waals surface area (Å²) < 4.78 is 25.7. The summed E-state index contributed by atoms with van der Waals surface area (Å²) in [6.45, 7) is 0. The molecule has 0 saturated carbocycles. The second kappa shape index (κ2) is 10.8. The van der Waals surface area contributed by atoms with Crippen LogP contribution in [0.2, 0.25) is 0 Å². The number of amides is 1. The minimum Gasteiger partial charge on any atom is -0.508 e. The van der Waals surface area contributed by atoms with E-state index in [0.717, 1.165) is 5.56 Å². The zero-order valence-corrected chi connectivity index (χ0v) is 21.7. The van der Waals surface area contributed by atoms with E-state index >= 15 is 0 Å². The number of halogens is 1. The molecule has 39 heavy (non-hydrogen) atoms. The van der Waals surface area contributed by atoms with Gasteiger partial charge in [-0.05, 0) is 65.9 Å². The quantitative estimate of drug-likeness (QED) is 0.178. The van der Waals surface area contributed by atoms with Gasteiger partial charge in [-0.1, -0.05) is 60.7 Å². The van der Waals surface area contributed by atoms with Crippen LogP contribution in [0.25, 0.3) is 11.1 Å². The molecule has 0 bridgehead atoms. The zero-order chi connectivity index (χ0) is 27.7. The number of phenols is 1. The van der Waals surface area contributed by atoms with Crippen molar-refractivity contribution >= 4 is 24.5 Å². The van der Waals surface area contributed by atoms with Gasteiger partial charge in [0.25, 0.3) is 0 Å². The van der Waals surface area contributed by atoms with Crippen LogP contribution in [-0.4, -0.2) is 25.9 Å². The highest BCUT2D eigenvalue weighted by Crippen LogP contribution is 2.49. The van der Waals surface area contributed by atoms with Crippen LogP contribution in [0.4, 0.5) is 10.1 Å². The Morgan fingerprint density at radius 3 is 2.28 bits per heavy atom. The number of hydrogen-bond acceptors (Lipinski definition) is 4. The minimum atomic E-state index is -4.46. The molecule has 1 aliphatic rings. The third-order valence-electron chi connectivity index (χ3n) is 7.10. The number of aliphatic hydroxyl groups is 1. The van der Waals surface area contributed by atoms with E-state index in [1.807, 2.05) is 30.3 Å². The molecule has 1 fully saturated rings. The van der Waals surface area contributed by atoms with Gasteiger partial charge in [-0.25, -0.2) is 4.39 Å². The Hall–Kier alpha value is -3.81. The topological polar surface area (TPSA) is 118 Å². The fraction of sp³-hybridized carbons (Fsp3) is 0.167. The number of hydrogen-bond donors (Lipinski definition) is 4. The number of benzene rings is 4. The van der Waals surface area contributed by atoms with Crippen LogP contribution in [0.5, 0.6) is 5.75 Å². The Balaban J connectivity index is 1.46. The summed E-state index contributed by atoms with van der Waals surface area (Å²) in [7, 11) is -4.46. The Labute approximate surface area is 225 Å². The van der Waals surface area contributed by atoms with Gasteiger partial charge in [0.1, 0.15) is 11.6 Å². The van der Waals surface area contributed by atoms with Gasteiger partial charge >= 0.3 is 7.60 Å². The summed E-state index contributed by atoms with van der Waals surface area (Å²) in [5.74, 6) is -1.39. The van der Waals surface area contributed by atoms with Crippen molar-refractivity contribution in [3.63, 3.8) is 0 Å². The zero-order valence-electron chi connectivity index (χ0n) is 20.8. The Bertz CT molecular complexity index is 1560.